The van der Waals surface area contributed by atoms with Gasteiger partial charge in [0.2, 0.25) is 0 Å². The van der Waals surface area contributed by atoms with E-state index in [1.165, 1.54) is 68.1 Å². The smallest absolute Gasteiger partial charge is 0.335 e. The average Bonchev–Trinajstić information content (AvgIpc) is 3.05. The molecule has 0 aliphatic heterocycles. The molecule has 0 atom stereocenters. The lowest BCUT2D eigenvalue weighted by molar-refractivity contribution is 0.0697. The lowest BCUT2D eigenvalue weighted by Crippen LogP contribution is -2.21. The molecule has 1 heterocycles. The van der Waals surface area contributed by atoms with Gasteiger partial charge in [0.15, 0.2) is 0 Å². The predicted molar refractivity (Wildman–Crippen MR) is 121 cm³/mol. The number of carboxylic acid groups (broad SMARTS) is 1. The quantitative estimate of drug-likeness (QED) is 0.297. The van der Waals surface area contributed by atoms with Gasteiger partial charge in [-0.2, -0.15) is 0 Å². The van der Waals surface area contributed by atoms with E-state index in [4.69, 9.17) is 15.9 Å². The summed E-state index contributed by atoms with van der Waals surface area (Å²) in [6, 6.07) is 4.49. The second-order valence-corrected chi connectivity index (χ2v) is 7.36. The standard InChI is InChI=1S/C12H27NO.C10H11N3O3/c1-2-3-4-5-6-7-8-9-10-13-11-12-14;11-3-4-13-8-5-6(9(14)15)1-2-7(8)12-10(13)16/h13-14H,2-12H2,1H3;1-2,5H,3-4,11H2,(H,12,16)(H,14,15). The highest BCUT2D eigenvalue weighted by molar-refractivity contribution is 5.92. The highest BCUT2D eigenvalue weighted by atomic mass is 16.4. The summed E-state index contributed by atoms with van der Waals surface area (Å²) in [4.78, 5) is 24.9. The number of aliphatic hydroxyl groups is 1. The molecule has 30 heavy (non-hydrogen) atoms. The van der Waals surface area contributed by atoms with Crippen molar-refractivity contribution in [2.45, 2.75) is 64.8 Å². The van der Waals surface area contributed by atoms with Gasteiger partial charge >= 0.3 is 11.7 Å². The number of unbranched alkanes of at least 4 members (excludes halogenated alkanes) is 7. The second kappa shape index (κ2) is 15.6. The van der Waals surface area contributed by atoms with Crippen LogP contribution in [0.5, 0.6) is 0 Å². The zero-order chi connectivity index (χ0) is 22.2. The number of carboxylic acids is 1. The molecule has 0 amide bonds. The number of hydrogen-bond acceptors (Lipinski definition) is 5. The molecular weight excluding hydrogens is 384 g/mol. The molecule has 0 unspecified atom stereocenters. The first-order valence-corrected chi connectivity index (χ1v) is 11.0. The van der Waals surface area contributed by atoms with Crippen LogP contribution in [-0.2, 0) is 6.54 Å². The van der Waals surface area contributed by atoms with E-state index >= 15 is 0 Å². The first kappa shape index (κ1) is 25.9. The van der Waals surface area contributed by atoms with Gasteiger partial charge in [-0.25, -0.2) is 9.59 Å². The maximum atomic E-state index is 11.5. The number of hydrogen-bond donors (Lipinski definition) is 5. The summed E-state index contributed by atoms with van der Waals surface area (Å²) < 4.78 is 1.43. The van der Waals surface area contributed by atoms with E-state index in [1.807, 2.05) is 0 Å². The normalized spacial score (nSPS) is 10.8. The first-order chi connectivity index (χ1) is 14.5. The number of aromatic nitrogens is 2. The minimum atomic E-state index is -1.02. The van der Waals surface area contributed by atoms with Crippen molar-refractivity contribution < 1.29 is 15.0 Å². The highest BCUT2D eigenvalue weighted by Crippen LogP contribution is 2.12. The SMILES string of the molecule is CCCCCCCCCCNCCO.NCCn1c(=O)[nH]c2ccc(C(=O)O)cc21. The number of nitrogens with zero attached hydrogens (tertiary/aromatic N) is 1. The lowest BCUT2D eigenvalue weighted by Gasteiger charge is -2.02. The van der Waals surface area contributed by atoms with Gasteiger partial charge in [0.05, 0.1) is 23.2 Å². The fourth-order valence-corrected chi connectivity index (χ4v) is 3.22. The summed E-state index contributed by atoms with van der Waals surface area (Å²) in [6.45, 7) is 5.02. The van der Waals surface area contributed by atoms with Gasteiger partial charge in [0.25, 0.3) is 0 Å². The highest BCUT2D eigenvalue weighted by Gasteiger charge is 2.09. The molecule has 170 valence electrons. The number of nitrogens with one attached hydrogen (secondary N) is 2. The molecule has 1 aromatic heterocycles. The molecule has 8 heteroatoms. The number of carbonyl (C=O) groups is 1. The van der Waals surface area contributed by atoms with E-state index in [0.29, 0.717) is 24.1 Å². The average molecular weight is 423 g/mol. The van der Waals surface area contributed by atoms with Crippen molar-refractivity contribution in [2.24, 2.45) is 5.73 Å². The zero-order valence-corrected chi connectivity index (χ0v) is 18.2. The van der Waals surface area contributed by atoms with Crippen LogP contribution in [0.2, 0.25) is 0 Å². The van der Waals surface area contributed by atoms with Crippen LogP contribution in [0.4, 0.5) is 0 Å². The van der Waals surface area contributed by atoms with Crippen molar-refractivity contribution in [3.8, 4) is 0 Å². The van der Waals surface area contributed by atoms with Gasteiger partial charge in [0, 0.05) is 19.6 Å². The van der Waals surface area contributed by atoms with Gasteiger partial charge in [0.1, 0.15) is 0 Å². The van der Waals surface area contributed by atoms with Crippen LogP contribution < -0.4 is 16.7 Å². The van der Waals surface area contributed by atoms with Crippen molar-refractivity contribution in [1.82, 2.24) is 14.9 Å². The first-order valence-electron chi connectivity index (χ1n) is 11.0. The Labute approximate surface area is 178 Å². The number of aliphatic hydroxyl groups excluding tert-OH is 1. The molecule has 0 saturated carbocycles. The minimum Gasteiger partial charge on any atom is -0.478 e. The van der Waals surface area contributed by atoms with Crippen molar-refractivity contribution >= 4 is 17.0 Å². The van der Waals surface area contributed by atoms with Crippen molar-refractivity contribution in [3.05, 3.63) is 34.2 Å². The third kappa shape index (κ3) is 9.56. The molecule has 0 aliphatic rings. The number of fused-ring (bicyclic) bond motifs is 1. The number of aromatic carboxylic acids is 1. The molecule has 0 fully saturated rings. The van der Waals surface area contributed by atoms with E-state index in [1.54, 1.807) is 6.07 Å². The van der Waals surface area contributed by atoms with Crippen LogP contribution in [0, 0.1) is 0 Å². The van der Waals surface area contributed by atoms with Gasteiger partial charge in [-0.1, -0.05) is 51.9 Å². The Morgan fingerprint density at radius 2 is 1.77 bits per heavy atom. The molecule has 0 aliphatic carbocycles. The lowest BCUT2D eigenvalue weighted by atomic mass is 10.1. The molecule has 2 aromatic rings. The fraction of sp³-hybridized carbons (Fsp3) is 0.636. The Hall–Kier alpha value is -2.16. The number of benzene rings is 1. The summed E-state index contributed by atoms with van der Waals surface area (Å²) in [5.74, 6) is -1.02. The van der Waals surface area contributed by atoms with Crippen molar-refractivity contribution in [2.75, 3.05) is 26.2 Å². The van der Waals surface area contributed by atoms with E-state index in [0.717, 1.165) is 13.1 Å². The molecule has 0 spiro atoms. The van der Waals surface area contributed by atoms with E-state index in [2.05, 4.69) is 17.2 Å². The molecule has 0 bridgehead atoms. The van der Waals surface area contributed by atoms with Crippen LogP contribution in [-0.4, -0.2) is 52.0 Å². The Bertz CT molecular complexity index is 773. The minimum absolute atomic E-state index is 0.150. The molecule has 0 radical (unpaired) electrons. The predicted octanol–water partition coefficient (Wildman–Crippen LogP) is 2.70. The summed E-state index contributed by atoms with van der Waals surface area (Å²) in [5.41, 5.74) is 6.44. The van der Waals surface area contributed by atoms with Crippen LogP contribution in [0.15, 0.2) is 23.0 Å². The van der Waals surface area contributed by atoms with Crippen molar-refractivity contribution in [3.63, 3.8) is 0 Å². The Kier molecular flexibility index (Phi) is 13.5. The van der Waals surface area contributed by atoms with E-state index < -0.39 is 5.97 Å². The molecule has 2 rings (SSSR count). The monoisotopic (exact) mass is 422 g/mol. The number of H-pyrrole nitrogens is 1. The summed E-state index contributed by atoms with van der Waals surface area (Å²) in [5, 5.41) is 20.6. The zero-order valence-electron chi connectivity index (χ0n) is 18.2. The van der Waals surface area contributed by atoms with Gasteiger partial charge in [-0.05, 0) is 31.2 Å². The topological polar surface area (TPSA) is 133 Å². The molecule has 1 aromatic carbocycles. The molecule has 8 nitrogen and oxygen atoms in total. The Balaban J connectivity index is 0.000000304. The van der Waals surface area contributed by atoms with Crippen LogP contribution in [0.25, 0.3) is 11.0 Å². The number of imidazole rings is 1. The fourth-order valence-electron chi connectivity index (χ4n) is 3.22. The van der Waals surface area contributed by atoms with Gasteiger partial charge in [-0.15, -0.1) is 0 Å². The molecular formula is C22H38N4O4. The largest absolute Gasteiger partial charge is 0.478 e. The van der Waals surface area contributed by atoms with Crippen molar-refractivity contribution in [1.29, 1.82) is 0 Å². The molecule has 0 saturated heterocycles. The number of rotatable bonds is 14. The summed E-state index contributed by atoms with van der Waals surface area (Å²) in [7, 11) is 0. The Morgan fingerprint density at radius 1 is 1.10 bits per heavy atom. The van der Waals surface area contributed by atoms with Gasteiger partial charge < -0.3 is 26.2 Å². The number of aromatic amines is 1. The Morgan fingerprint density at radius 3 is 2.37 bits per heavy atom. The van der Waals surface area contributed by atoms with E-state index in [-0.39, 0.29) is 17.9 Å². The van der Waals surface area contributed by atoms with Crippen LogP contribution >= 0.6 is 0 Å². The third-order valence-electron chi connectivity index (χ3n) is 4.87. The summed E-state index contributed by atoms with van der Waals surface area (Å²) >= 11 is 0. The number of nitrogens with two attached hydrogens (primary N) is 1. The van der Waals surface area contributed by atoms with Crippen LogP contribution in [0.3, 0.4) is 0 Å². The third-order valence-corrected chi connectivity index (χ3v) is 4.87. The maximum Gasteiger partial charge on any atom is 0.335 e. The summed E-state index contributed by atoms with van der Waals surface area (Å²) in [6.07, 6.45) is 10.9. The van der Waals surface area contributed by atoms with Crippen LogP contribution in [0.1, 0.15) is 68.6 Å². The maximum absolute atomic E-state index is 11.5. The molecule has 6 N–H and O–H groups in total. The van der Waals surface area contributed by atoms with Gasteiger partial charge in [-0.3, -0.25) is 4.57 Å². The second-order valence-electron chi connectivity index (χ2n) is 7.36. The van der Waals surface area contributed by atoms with E-state index in [9.17, 15) is 9.59 Å².